The van der Waals surface area contributed by atoms with E-state index in [1.807, 2.05) is 6.08 Å². The minimum Gasteiger partial charge on any atom is -0.0985 e. The number of hydrogen-bond donors (Lipinski definition) is 0. The molecule has 0 nitrogen and oxygen atoms in total. The Hall–Kier alpha value is -2.34. The van der Waals surface area contributed by atoms with Crippen LogP contribution < -0.4 is 0 Å². The molecule has 4 rings (SSSR count). The second-order valence-electron chi connectivity index (χ2n) is 4.72. The third-order valence-electron chi connectivity index (χ3n) is 3.76. The van der Waals surface area contributed by atoms with Crippen molar-refractivity contribution in [3.8, 4) is 22.3 Å². The van der Waals surface area contributed by atoms with Gasteiger partial charge in [-0.15, -0.1) is 0 Å². The van der Waals surface area contributed by atoms with Gasteiger partial charge >= 0.3 is 0 Å². The summed E-state index contributed by atoms with van der Waals surface area (Å²) in [5, 5.41) is 2.71. The van der Waals surface area contributed by atoms with Crippen molar-refractivity contribution in [3.63, 3.8) is 0 Å². The van der Waals surface area contributed by atoms with Crippen LogP contribution in [-0.4, -0.2) is 0 Å². The van der Waals surface area contributed by atoms with Crippen LogP contribution in [0.15, 0.2) is 61.2 Å². The van der Waals surface area contributed by atoms with Gasteiger partial charge < -0.3 is 0 Å². The van der Waals surface area contributed by atoms with E-state index in [-0.39, 0.29) is 0 Å². The maximum atomic E-state index is 3.85. The van der Waals surface area contributed by atoms with Gasteiger partial charge in [-0.25, -0.2) is 0 Å². The van der Waals surface area contributed by atoms with E-state index in [4.69, 9.17) is 0 Å². The van der Waals surface area contributed by atoms with Crippen LogP contribution in [0.3, 0.4) is 0 Å². The standard InChI is InChI=1S/C18H12/c1-2-12-9-10-14-15-7-3-5-13-6-4-8-16(18(13)15)17(14)11-12/h2-11H,1H2. The molecule has 3 aromatic rings. The van der Waals surface area contributed by atoms with Crippen molar-refractivity contribution >= 4 is 16.8 Å². The summed E-state index contributed by atoms with van der Waals surface area (Å²) in [7, 11) is 0. The summed E-state index contributed by atoms with van der Waals surface area (Å²) < 4.78 is 0. The van der Waals surface area contributed by atoms with E-state index in [0.717, 1.165) is 0 Å². The van der Waals surface area contributed by atoms with Crippen molar-refractivity contribution in [2.45, 2.75) is 0 Å². The fourth-order valence-corrected chi connectivity index (χ4v) is 2.94. The maximum Gasteiger partial charge on any atom is -0.00264 e. The number of hydrogen-bond acceptors (Lipinski definition) is 0. The molecule has 0 saturated heterocycles. The van der Waals surface area contributed by atoms with Gasteiger partial charge in [-0.05, 0) is 44.7 Å². The fraction of sp³-hybridized carbons (Fsp3) is 0. The predicted octanol–water partition coefficient (Wildman–Crippen LogP) is 5.13. The monoisotopic (exact) mass is 228 g/mol. The lowest BCUT2D eigenvalue weighted by Crippen LogP contribution is -1.78. The minimum atomic E-state index is 1.18. The molecule has 0 radical (unpaired) electrons. The molecular formula is C18H12. The van der Waals surface area contributed by atoms with Crippen LogP contribution in [0.25, 0.3) is 39.1 Å². The molecule has 0 heterocycles. The molecule has 84 valence electrons. The third kappa shape index (κ3) is 1.10. The van der Waals surface area contributed by atoms with Crippen molar-refractivity contribution in [1.82, 2.24) is 0 Å². The van der Waals surface area contributed by atoms with Gasteiger partial charge in [-0.1, -0.05) is 61.2 Å². The van der Waals surface area contributed by atoms with Gasteiger partial charge in [0.1, 0.15) is 0 Å². The largest absolute Gasteiger partial charge is 0.0985 e. The molecule has 0 spiro atoms. The Morgan fingerprint density at radius 3 is 2.17 bits per heavy atom. The molecule has 0 aliphatic heterocycles. The Balaban J connectivity index is 2.20. The lowest BCUT2D eigenvalue weighted by Gasteiger charge is -2.02. The molecule has 0 unspecified atom stereocenters. The summed E-state index contributed by atoms with van der Waals surface area (Å²) >= 11 is 0. The highest BCUT2D eigenvalue weighted by atomic mass is 14.2. The second kappa shape index (κ2) is 3.33. The van der Waals surface area contributed by atoms with Gasteiger partial charge in [-0.3, -0.25) is 0 Å². The molecule has 0 bridgehead atoms. The number of benzene rings is 3. The van der Waals surface area contributed by atoms with Crippen molar-refractivity contribution < 1.29 is 0 Å². The molecule has 18 heavy (non-hydrogen) atoms. The molecule has 3 aromatic carbocycles. The van der Waals surface area contributed by atoms with Crippen LogP contribution in [0, 0.1) is 0 Å². The van der Waals surface area contributed by atoms with Crippen LogP contribution in [-0.2, 0) is 0 Å². The van der Waals surface area contributed by atoms with Crippen molar-refractivity contribution in [2.75, 3.05) is 0 Å². The molecule has 0 fully saturated rings. The molecule has 0 aromatic heterocycles. The first-order valence-corrected chi connectivity index (χ1v) is 6.17. The van der Waals surface area contributed by atoms with E-state index < -0.39 is 0 Å². The van der Waals surface area contributed by atoms with Crippen LogP contribution in [0.5, 0.6) is 0 Å². The average molecular weight is 228 g/mol. The molecule has 0 saturated carbocycles. The molecular weight excluding hydrogens is 216 g/mol. The Morgan fingerprint density at radius 1 is 0.722 bits per heavy atom. The van der Waals surface area contributed by atoms with Gasteiger partial charge in [0.05, 0.1) is 0 Å². The van der Waals surface area contributed by atoms with Gasteiger partial charge in [-0.2, -0.15) is 0 Å². The SMILES string of the molecule is C=Cc1ccc2c(c1)-c1cccc3cccc-2c13. The van der Waals surface area contributed by atoms with Crippen molar-refractivity contribution in [1.29, 1.82) is 0 Å². The Morgan fingerprint density at radius 2 is 1.44 bits per heavy atom. The fourth-order valence-electron chi connectivity index (χ4n) is 2.94. The zero-order valence-electron chi connectivity index (χ0n) is 9.98. The Kier molecular flexibility index (Phi) is 1.79. The first-order chi connectivity index (χ1) is 8.88. The summed E-state index contributed by atoms with van der Waals surface area (Å²) in [4.78, 5) is 0. The molecule has 1 aliphatic rings. The normalized spacial score (nSPS) is 11.6. The highest BCUT2D eigenvalue weighted by Crippen LogP contribution is 2.47. The molecule has 0 atom stereocenters. The van der Waals surface area contributed by atoms with Crippen molar-refractivity contribution in [3.05, 3.63) is 66.7 Å². The van der Waals surface area contributed by atoms with Gasteiger partial charge in [0.15, 0.2) is 0 Å². The Labute approximate surface area is 106 Å². The van der Waals surface area contributed by atoms with E-state index in [1.165, 1.54) is 38.6 Å². The molecule has 1 aliphatic carbocycles. The lowest BCUT2D eigenvalue weighted by molar-refractivity contribution is 1.66. The number of rotatable bonds is 1. The zero-order chi connectivity index (χ0) is 12.1. The smallest absolute Gasteiger partial charge is 0.00264 e. The lowest BCUT2D eigenvalue weighted by atomic mass is 10.0. The van der Waals surface area contributed by atoms with Crippen LogP contribution >= 0.6 is 0 Å². The van der Waals surface area contributed by atoms with Gasteiger partial charge in [0.25, 0.3) is 0 Å². The molecule has 0 amide bonds. The van der Waals surface area contributed by atoms with Crippen LogP contribution in [0.1, 0.15) is 5.56 Å². The minimum absolute atomic E-state index is 1.18. The summed E-state index contributed by atoms with van der Waals surface area (Å²) in [6, 6.07) is 19.6. The van der Waals surface area contributed by atoms with E-state index >= 15 is 0 Å². The highest BCUT2D eigenvalue weighted by Gasteiger charge is 2.20. The summed E-state index contributed by atoms with van der Waals surface area (Å²) in [6.07, 6.45) is 1.91. The van der Waals surface area contributed by atoms with E-state index in [9.17, 15) is 0 Å². The van der Waals surface area contributed by atoms with E-state index in [1.54, 1.807) is 0 Å². The maximum absolute atomic E-state index is 3.85. The molecule has 0 heteroatoms. The zero-order valence-corrected chi connectivity index (χ0v) is 9.98. The van der Waals surface area contributed by atoms with Crippen LogP contribution in [0.2, 0.25) is 0 Å². The highest BCUT2D eigenvalue weighted by molar-refractivity contribution is 6.15. The van der Waals surface area contributed by atoms with E-state index in [2.05, 4.69) is 61.2 Å². The summed E-state index contributed by atoms with van der Waals surface area (Å²) in [5.74, 6) is 0. The summed E-state index contributed by atoms with van der Waals surface area (Å²) in [5.41, 5.74) is 6.56. The third-order valence-corrected chi connectivity index (χ3v) is 3.76. The second-order valence-corrected chi connectivity index (χ2v) is 4.72. The average Bonchev–Trinajstić information content (AvgIpc) is 2.76. The summed E-state index contributed by atoms with van der Waals surface area (Å²) in [6.45, 7) is 3.85. The van der Waals surface area contributed by atoms with Crippen molar-refractivity contribution in [2.24, 2.45) is 0 Å². The predicted molar refractivity (Wildman–Crippen MR) is 78.5 cm³/mol. The Bertz CT molecular complexity index is 789. The quantitative estimate of drug-likeness (QED) is 0.423. The first kappa shape index (κ1) is 9.67. The van der Waals surface area contributed by atoms with Gasteiger partial charge in [0.2, 0.25) is 0 Å². The number of fused-ring (bicyclic) bond motifs is 3. The van der Waals surface area contributed by atoms with Gasteiger partial charge in [0, 0.05) is 0 Å². The first-order valence-electron chi connectivity index (χ1n) is 6.17. The van der Waals surface area contributed by atoms with Crippen LogP contribution in [0.4, 0.5) is 0 Å². The van der Waals surface area contributed by atoms with E-state index in [0.29, 0.717) is 0 Å². The molecule has 0 N–H and O–H groups in total. The topological polar surface area (TPSA) is 0 Å².